The number of urea groups is 1. The topological polar surface area (TPSA) is 82.0 Å². The highest BCUT2D eigenvalue weighted by Crippen LogP contribution is 2.29. The Balaban J connectivity index is 0.000000791. The van der Waals surface area contributed by atoms with E-state index < -0.39 is 0 Å². The summed E-state index contributed by atoms with van der Waals surface area (Å²) >= 11 is 0. The van der Waals surface area contributed by atoms with E-state index in [4.69, 9.17) is 0 Å². The van der Waals surface area contributed by atoms with Crippen LogP contribution in [0.25, 0.3) is 5.70 Å². The van der Waals surface area contributed by atoms with E-state index in [2.05, 4.69) is 23.7 Å². The van der Waals surface area contributed by atoms with Crippen LogP contribution in [0.3, 0.4) is 0 Å². The van der Waals surface area contributed by atoms with E-state index in [0.717, 1.165) is 0 Å². The summed E-state index contributed by atoms with van der Waals surface area (Å²) < 4.78 is 0. The molecule has 0 radical (unpaired) electrons. The fraction of sp³-hybridized carbons (Fsp3) is 0.150. The summed E-state index contributed by atoms with van der Waals surface area (Å²) in [5.74, 6) is 0.0432. The lowest BCUT2D eigenvalue weighted by molar-refractivity contribution is 0.249. The number of anilines is 1. The van der Waals surface area contributed by atoms with Crippen LogP contribution in [-0.2, 0) is 0 Å². The molecule has 2 aromatic carbocycles. The van der Waals surface area contributed by atoms with Crippen LogP contribution in [0.5, 0.6) is 5.75 Å². The Kier molecular flexibility index (Phi) is 8.30. The second-order valence-electron chi connectivity index (χ2n) is 4.79. The molecule has 2 amide bonds. The van der Waals surface area contributed by atoms with Crippen molar-refractivity contribution in [3.63, 3.8) is 0 Å². The number of aromatic hydroxyl groups is 1. The van der Waals surface area contributed by atoms with E-state index in [0.29, 0.717) is 29.2 Å². The van der Waals surface area contributed by atoms with Gasteiger partial charge in [-0.1, -0.05) is 38.1 Å². The van der Waals surface area contributed by atoms with Crippen molar-refractivity contribution in [1.82, 2.24) is 5.32 Å². The molecule has 0 atom stereocenters. The van der Waals surface area contributed by atoms with Gasteiger partial charge in [-0.2, -0.15) is 0 Å². The number of phenolic OH excluding ortho intramolecular Hbond substituents is 1. The van der Waals surface area contributed by atoms with Gasteiger partial charge in [-0.05, 0) is 35.5 Å². The average molecular weight is 353 g/mol. The monoisotopic (exact) mass is 353 g/mol. The molecule has 0 unspecified atom stereocenters. The third-order valence-electron chi connectivity index (χ3n) is 3.40. The van der Waals surface area contributed by atoms with Crippen LogP contribution < -0.4 is 10.2 Å². The third kappa shape index (κ3) is 4.80. The van der Waals surface area contributed by atoms with Gasteiger partial charge in [-0.25, -0.2) is 4.79 Å². The first-order valence-corrected chi connectivity index (χ1v) is 8.19. The van der Waals surface area contributed by atoms with Crippen LogP contribution in [0.1, 0.15) is 19.4 Å². The van der Waals surface area contributed by atoms with E-state index in [9.17, 15) is 14.8 Å². The lowest BCUT2D eigenvalue weighted by atomic mass is 10.1. The Morgan fingerprint density at radius 1 is 1.12 bits per heavy atom. The van der Waals surface area contributed by atoms with Gasteiger partial charge in [0.25, 0.3) is 0 Å². The average Bonchev–Trinajstić information content (AvgIpc) is 2.72. The van der Waals surface area contributed by atoms with Gasteiger partial charge in [0.2, 0.25) is 0 Å². The van der Waals surface area contributed by atoms with Crippen molar-refractivity contribution in [2.75, 3.05) is 11.4 Å². The molecule has 136 valence electrons. The minimum absolute atomic E-state index is 0.0432. The second kappa shape index (κ2) is 10.5. The number of phenols is 1. The smallest absolute Gasteiger partial charge is 0.326 e. The minimum atomic E-state index is -0.344. The van der Waals surface area contributed by atoms with Gasteiger partial charge in [0, 0.05) is 17.8 Å². The molecular weight excluding hydrogens is 330 g/mol. The van der Waals surface area contributed by atoms with Crippen molar-refractivity contribution in [2.45, 2.75) is 13.8 Å². The summed E-state index contributed by atoms with van der Waals surface area (Å²) in [7, 11) is 0. The first kappa shape index (κ1) is 20.6. The quantitative estimate of drug-likeness (QED) is 0.588. The SMILES string of the molecule is C=C.CC.O=Nc1cccc(C2=CCN(c3ccccc3O)C(=O)N2)c1. The molecule has 1 heterocycles. The molecule has 0 fully saturated rings. The molecule has 0 saturated heterocycles. The van der Waals surface area contributed by atoms with Crippen molar-refractivity contribution in [2.24, 2.45) is 5.18 Å². The maximum absolute atomic E-state index is 12.3. The zero-order chi connectivity index (χ0) is 19.5. The predicted octanol–water partition coefficient (Wildman–Crippen LogP) is 5.19. The van der Waals surface area contributed by atoms with Crippen molar-refractivity contribution in [3.05, 3.63) is 78.2 Å². The number of para-hydroxylation sites is 2. The number of carbonyl (C=O) groups excluding carboxylic acids is 1. The molecule has 0 spiro atoms. The summed E-state index contributed by atoms with van der Waals surface area (Å²) in [6.07, 6.45) is 1.82. The molecule has 26 heavy (non-hydrogen) atoms. The van der Waals surface area contributed by atoms with Crippen LogP contribution >= 0.6 is 0 Å². The fourth-order valence-electron chi connectivity index (χ4n) is 2.32. The number of benzene rings is 2. The number of carbonyl (C=O) groups is 1. The van der Waals surface area contributed by atoms with Gasteiger partial charge in [-0.15, -0.1) is 18.1 Å². The number of hydrogen-bond acceptors (Lipinski definition) is 4. The zero-order valence-electron chi connectivity index (χ0n) is 15.0. The summed E-state index contributed by atoms with van der Waals surface area (Å²) in [5.41, 5.74) is 2.07. The van der Waals surface area contributed by atoms with E-state index >= 15 is 0 Å². The number of nitrogens with one attached hydrogen (secondary N) is 1. The van der Waals surface area contributed by atoms with Gasteiger partial charge in [0.05, 0.1) is 5.69 Å². The van der Waals surface area contributed by atoms with Crippen LogP contribution in [0, 0.1) is 4.91 Å². The van der Waals surface area contributed by atoms with Gasteiger partial charge < -0.3 is 10.4 Å². The van der Waals surface area contributed by atoms with Crippen LogP contribution in [-0.4, -0.2) is 17.7 Å². The molecule has 0 aliphatic carbocycles. The van der Waals surface area contributed by atoms with Crippen molar-refractivity contribution in [3.8, 4) is 5.75 Å². The van der Waals surface area contributed by atoms with Crippen molar-refractivity contribution < 1.29 is 9.90 Å². The zero-order valence-corrected chi connectivity index (χ0v) is 15.0. The molecule has 3 rings (SSSR count). The number of rotatable bonds is 3. The van der Waals surface area contributed by atoms with E-state index in [1.807, 2.05) is 19.9 Å². The fourth-order valence-corrected chi connectivity index (χ4v) is 2.32. The minimum Gasteiger partial charge on any atom is -0.506 e. The molecule has 6 heteroatoms. The summed E-state index contributed by atoms with van der Waals surface area (Å²) in [6, 6.07) is 13.0. The molecule has 2 aromatic rings. The summed E-state index contributed by atoms with van der Waals surface area (Å²) in [5, 5.41) is 15.5. The van der Waals surface area contributed by atoms with E-state index in [1.54, 1.807) is 42.5 Å². The van der Waals surface area contributed by atoms with Gasteiger partial charge in [0.15, 0.2) is 0 Å². The Morgan fingerprint density at radius 2 is 1.81 bits per heavy atom. The van der Waals surface area contributed by atoms with Crippen molar-refractivity contribution in [1.29, 1.82) is 0 Å². The highest BCUT2D eigenvalue weighted by atomic mass is 16.3. The van der Waals surface area contributed by atoms with E-state index in [1.165, 1.54) is 11.0 Å². The Bertz CT molecular complexity index is 787. The molecule has 0 aromatic heterocycles. The largest absolute Gasteiger partial charge is 0.506 e. The number of nitrogens with zero attached hydrogens (tertiary/aromatic N) is 2. The number of amides is 2. The van der Waals surface area contributed by atoms with Gasteiger partial charge in [-0.3, -0.25) is 4.90 Å². The molecule has 2 N–H and O–H groups in total. The lowest BCUT2D eigenvalue weighted by Crippen LogP contribution is -2.43. The van der Waals surface area contributed by atoms with Gasteiger partial charge in [0.1, 0.15) is 11.4 Å². The normalized spacial score (nSPS) is 12.5. The van der Waals surface area contributed by atoms with Crippen LogP contribution in [0.15, 0.2) is 72.9 Å². The predicted molar refractivity (Wildman–Crippen MR) is 106 cm³/mol. The first-order chi connectivity index (χ1) is 12.7. The highest BCUT2D eigenvalue weighted by Gasteiger charge is 2.23. The molecule has 1 aliphatic rings. The number of nitroso groups, excluding NO2 is 1. The standard InChI is InChI=1S/C16H13N3O3.C2H6.C2H4/c20-15-7-2-1-6-14(15)19-9-8-13(17-16(19)21)11-4-3-5-12(10-11)18-22;2*1-2/h1-8,10,20H,9H2,(H,17,21);1-2H3;1-2H2. The first-order valence-electron chi connectivity index (χ1n) is 8.19. The number of hydrogen-bond donors (Lipinski definition) is 2. The molecule has 0 bridgehead atoms. The second-order valence-corrected chi connectivity index (χ2v) is 4.79. The van der Waals surface area contributed by atoms with Crippen molar-refractivity contribution >= 4 is 23.1 Å². The summed E-state index contributed by atoms with van der Waals surface area (Å²) in [6.45, 7) is 10.3. The lowest BCUT2D eigenvalue weighted by Gasteiger charge is -2.27. The maximum Gasteiger partial charge on any atom is 0.326 e. The molecule has 6 nitrogen and oxygen atoms in total. The Morgan fingerprint density at radius 3 is 2.42 bits per heavy atom. The molecular formula is C20H23N3O3. The maximum atomic E-state index is 12.3. The van der Waals surface area contributed by atoms with Gasteiger partial charge >= 0.3 is 6.03 Å². The highest BCUT2D eigenvalue weighted by molar-refractivity contribution is 6.00. The third-order valence-corrected chi connectivity index (χ3v) is 3.40. The molecule has 0 saturated carbocycles. The van der Waals surface area contributed by atoms with Crippen LogP contribution in [0.2, 0.25) is 0 Å². The Labute approximate surface area is 153 Å². The molecule has 1 aliphatic heterocycles. The Hall–Kier alpha value is -3.41. The van der Waals surface area contributed by atoms with Crippen LogP contribution in [0.4, 0.5) is 16.2 Å². The van der Waals surface area contributed by atoms with E-state index in [-0.39, 0.29) is 11.8 Å². The summed E-state index contributed by atoms with van der Waals surface area (Å²) in [4.78, 5) is 24.3.